The molecule has 0 heterocycles. The SMILES string of the molecule is CCC(CO)NS(=O)(=O)c1cc(Cl)c(Cl)cc1C. The lowest BCUT2D eigenvalue weighted by molar-refractivity contribution is 0.254. The summed E-state index contributed by atoms with van der Waals surface area (Å²) in [6.07, 6.45) is 0.496. The molecule has 1 unspecified atom stereocenters. The molecule has 0 amide bonds. The van der Waals surface area contributed by atoms with Gasteiger partial charge >= 0.3 is 0 Å². The van der Waals surface area contributed by atoms with Crippen molar-refractivity contribution in [1.29, 1.82) is 0 Å². The van der Waals surface area contributed by atoms with Gasteiger partial charge in [-0.25, -0.2) is 13.1 Å². The number of hydrogen-bond acceptors (Lipinski definition) is 3. The van der Waals surface area contributed by atoms with E-state index in [2.05, 4.69) is 4.72 Å². The molecule has 0 saturated heterocycles. The Morgan fingerprint density at radius 2 is 1.89 bits per heavy atom. The summed E-state index contributed by atoms with van der Waals surface area (Å²) in [7, 11) is -3.71. The second kappa shape index (κ2) is 6.21. The fraction of sp³-hybridized carbons (Fsp3) is 0.455. The molecule has 0 radical (unpaired) electrons. The van der Waals surface area contributed by atoms with Gasteiger partial charge in [0, 0.05) is 6.04 Å². The molecular formula is C11H15Cl2NO3S. The topological polar surface area (TPSA) is 66.4 Å². The van der Waals surface area contributed by atoms with Crippen LogP contribution in [-0.2, 0) is 10.0 Å². The maximum atomic E-state index is 12.1. The molecule has 0 fully saturated rings. The standard InChI is InChI=1S/C11H15Cl2NO3S/c1-3-8(6-15)14-18(16,17)11-5-10(13)9(12)4-7(11)2/h4-5,8,14-15H,3,6H2,1-2H3. The lowest BCUT2D eigenvalue weighted by Crippen LogP contribution is -2.37. The van der Waals surface area contributed by atoms with Crippen LogP contribution < -0.4 is 4.72 Å². The fourth-order valence-electron chi connectivity index (χ4n) is 1.45. The zero-order valence-corrected chi connectivity index (χ0v) is 12.4. The molecule has 0 saturated carbocycles. The first-order valence-corrected chi connectivity index (χ1v) is 7.64. The fourth-order valence-corrected chi connectivity index (χ4v) is 3.46. The van der Waals surface area contributed by atoms with Crippen LogP contribution >= 0.6 is 23.2 Å². The molecule has 2 N–H and O–H groups in total. The average Bonchev–Trinajstić information content (AvgIpc) is 2.30. The normalized spacial score (nSPS) is 13.6. The minimum Gasteiger partial charge on any atom is -0.395 e. The van der Waals surface area contributed by atoms with Crippen molar-refractivity contribution < 1.29 is 13.5 Å². The molecule has 1 rings (SSSR count). The number of aliphatic hydroxyl groups excluding tert-OH is 1. The Balaban J connectivity index is 3.16. The van der Waals surface area contributed by atoms with E-state index in [1.165, 1.54) is 12.1 Å². The van der Waals surface area contributed by atoms with Crippen LogP contribution in [0.25, 0.3) is 0 Å². The first-order valence-electron chi connectivity index (χ1n) is 5.40. The van der Waals surface area contributed by atoms with Crippen molar-refractivity contribution >= 4 is 33.2 Å². The predicted molar refractivity (Wildman–Crippen MR) is 72.7 cm³/mol. The molecule has 1 aromatic carbocycles. The molecule has 1 aromatic rings. The third kappa shape index (κ3) is 3.59. The van der Waals surface area contributed by atoms with Gasteiger partial charge in [-0.1, -0.05) is 30.1 Å². The number of nitrogens with one attached hydrogen (secondary N) is 1. The number of benzene rings is 1. The third-order valence-electron chi connectivity index (χ3n) is 2.54. The largest absolute Gasteiger partial charge is 0.395 e. The van der Waals surface area contributed by atoms with Crippen molar-refractivity contribution in [1.82, 2.24) is 4.72 Å². The predicted octanol–water partition coefficient (Wildman–Crippen LogP) is 2.35. The Labute approximate surface area is 117 Å². The quantitative estimate of drug-likeness (QED) is 0.877. The van der Waals surface area contributed by atoms with Gasteiger partial charge in [0.2, 0.25) is 10.0 Å². The van der Waals surface area contributed by atoms with E-state index in [1.54, 1.807) is 13.8 Å². The Kier molecular flexibility index (Phi) is 5.43. The summed E-state index contributed by atoms with van der Waals surface area (Å²) < 4.78 is 26.7. The summed E-state index contributed by atoms with van der Waals surface area (Å²) in [5.74, 6) is 0. The molecule has 1 atom stereocenters. The summed E-state index contributed by atoms with van der Waals surface area (Å²) in [4.78, 5) is 0.0730. The number of aryl methyl sites for hydroxylation is 1. The molecule has 0 aliphatic heterocycles. The molecule has 0 bridgehead atoms. The van der Waals surface area contributed by atoms with Crippen LogP contribution in [0.4, 0.5) is 0 Å². The summed E-state index contributed by atoms with van der Waals surface area (Å²) >= 11 is 11.6. The smallest absolute Gasteiger partial charge is 0.241 e. The minimum absolute atomic E-state index is 0.0730. The monoisotopic (exact) mass is 311 g/mol. The van der Waals surface area contributed by atoms with E-state index in [-0.39, 0.29) is 16.5 Å². The average molecular weight is 312 g/mol. The van der Waals surface area contributed by atoms with Gasteiger partial charge in [-0.15, -0.1) is 0 Å². The van der Waals surface area contributed by atoms with Crippen LogP contribution in [-0.4, -0.2) is 26.2 Å². The molecule has 7 heteroatoms. The maximum Gasteiger partial charge on any atom is 0.241 e. The summed E-state index contributed by atoms with van der Waals surface area (Å²) in [5, 5.41) is 9.52. The van der Waals surface area contributed by atoms with Crippen molar-refractivity contribution in [2.24, 2.45) is 0 Å². The van der Waals surface area contributed by atoms with Crippen LogP contribution in [0.2, 0.25) is 10.0 Å². The zero-order chi connectivity index (χ0) is 13.9. The summed E-state index contributed by atoms with van der Waals surface area (Å²) in [6, 6.07) is 2.30. The molecule has 0 aliphatic rings. The highest BCUT2D eigenvalue weighted by Crippen LogP contribution is 2.28. The Hall–Kier alpha value is -0.330. The van der Waals surface area contributed by atoms with Gasteiger partial charge in [0.25, 0.3) is 0 Å². The molecular weight excluding hydrogens is 297 g/mol. The van der Waals surface area contributed by atoms with Gasteiger partial charge in [-0.3, -0.25) is 0 Å². The van der Waals surface area contributed by atoms with Crippen molar-refractivity contribution in [3.8, 4) is 0 Å². The van der Waals surface area contributed by atoms with Gasteiger partial charge in [-0.05, 0) is 31.0 Å². The van der Waals surface area contributed by atoms with Gasteiger partial charge in [0.05, 0.1) is 21.5 Å². The minimum atomic E-state index is -3.71. The molecule has 102 valence electrons. The van der Waals surface area contributed by atoms with E-state index in [1.807, 2.05) is 0 Å². The van der Waals surface area contributed by atoms with Crippen LogP contribution in [0.3, 0.4) is 0 Å². The maximum absolute atomic E-state index is 12.1. The number of sulfonamides is 1. The number of aliphatic hydroxyl groups is 1. The van der Waals surface area contributed by atoms with E-state index in [4.69, 9.17) is 28.3 Å². The Morgan fingerprint density at radius 1 is 1.33 bits per heavy atom. The zero-order valence-electron chi connectivity index (χ0n) is 10.1. The van der Waals surface area contributed by atoms with E-state index >= 15 is 0 Å². The number of halogens is 2. The first kappa shape index (κ1) is 15.7. The highest BCUT2D eigenvalue weighted by atomic mass is 35.5. The van der Waals surface area contributed by atoms with Gasteiger partial charge in [-0.2, -0.15) is 0 Å². The Bertz CT molecular complexity index is 527. The van der Waals surface area contributed by atoms with Gasteiger partial charge in [0.15, 0.2) is 0 Å². The van der Waals surface area contributed by atoms with E-state index in [9.17, 15) is 8.42 Å². The first-order chi connectivity index (χ1) is 8.31. The van der Waals surface area contributed by atoms with Crippen LogP contribution in [0.5, 0.6) is 0 Å². The van der Waals surface area contributed by atoms with E-state index in [0.29, 0.717) is 17.0 Å². The lowest BCUT2D eigenvalue weighted by Gasteiger charge is -2.16. The molecule has 0 aromatic heterocycles. The van der Waals surface area contributed by atoms with Crippen LogP contribution in [0, 0.1) is 6.92 Å². The number of rotatable bonds is 5. The van der Waals surface area contributed by atoms with Gasteiger partial charge < -0.3 is 5.11 Å². The molecule has 4 nitrogen and oxygen atoms in total. The highest BCUT2D eigenvalue weighted by Gasteiger charge is 2.21. The van der Waals surface area contributed by atoms with E-state index in [0.717, 1.165) is 0 Å². The van der Waals surface area contributed by atoms with Crippen molar-refractivity contribution in [2.75, 3.05) is 6.61 Å². The second-order valence-corrected chi connectivity index (χ2v) is 6.44. The van der Waals surface area contributed by atoms with Crippen molar-refractivity contribution in [2.45, 2.75) is 31.2 Å². The lowest BCUT2D eigenvalue weighted by atomic mass is 10.2. The summed E-state index contributed by atoms with van der Waals surface area (Å²) in [5.41, 5.74) is 0.504. The van der Waals surface area contributed by atoms with Crippen molar-refractivity contribution in [3.05, 3.63) is 27.7 Å². The number of hydrogen-bond donors (Lipinski definition) is 2. The third-order valence-corrected chi connectivity index (χ3v) is 4.93. The van der Waals surface area contributed by atoms with Crippen molar-refractivity contribution in [3.63, 3.8) is 0 Å². The second-order valence-electron chi connectivity index (χ2n) is 3.94. The molecule has 18 heavy (non-hydrogen) atoms. The highest BCUT2D eigenvalue weighted by molar-refractivity contribution is 7.89. The Morgan fingerprint density at radius 3 is 2.39 bits per heavy atom. The van der Waals surface area contributed by atoms with Gasteiger partial charge in [0.1, 0.15) is 0 Å². The van der Waals surface area contributed by atoms with Crippen LogP contribution in [0.15, 0.2) is 17.0 Å². The molecule has 0 spiro atoms. The van der Waals surface area contributed by atoms with Crippen LogP contribution in [0.1, 0.15) is 18.9 Å². The summed E-state index contributed by atoms with van der Waals surface area (Å²) in [6.45, 7) is 3.16. The molecule has 0 aliphatic carbocycles. The van der Waals surface area contributed by atoms with E-state index < -0.39 is 16.1 Å².